The molecule has 2 unspecified atom stereocenters. The van der Waals surface area contributed by atoms with E-state index < -0.39 is 11.9 Å². The highest BCUT2D eigenvalue weighted by molar-refractivity contribution is 5.97. The number of ether oxygens (including phenoxy) is 2. The van der Waals surface area contributed by atoms with Crippen molar-refractivity contribution in [3.05, 3.63) is 65.5 Å². The van der Waals surface area contributed by atoms with Gasteiger partial charge in [0.15, 0.2) is 0 Å². The van der Waals surface area contributed by atoms with Crippen LogP contribution in [0.4, 0.5) is 4.39 Å². The zero-order valence-electron chi connectivity index (χ0n) is 24.0. The second-order valence-corrected chi connectivity index (χ2v) is 11.7. The van der Waals surface area contributed by atoms with Crippen LogP contribution in [0.15, 0.2) is 48.5 Å². The molecule has 3 fully saturated rings. The quantitative estimate of drug-likeness (QED) is 0.478. The Kier molecular flexibility index (Phi) is 9.90. The molecule has 2 aromatic rings. The molecule has 2 aliphatic heterocycles. The summed E-state index contributed by atoms with van der Waals surface area (Å²) in [5.74, 6) is 0.0584. The number of benzene rings is 2. The Balaban J connectivity index is 1.36. The van der Waals surface area contributed by atoms with Gasteiger partial charge in [-0.3, -0.25) is 14.5 Å². The fraction of sp³-hybridized carbons (Fsp3) is 0.562. The van der Waals surface area contributed by atoms with Crippen LogP contribution in [0.3, 0.4) is 0 Å². The van der Waals surface area contributed by atoms with Gasteiger partial charge in [-0.15, -0.1) is 0 Å². The number of carbonyl (C=O) groups is 2. The molecule has 0 bridgehead atoms. The molecule has 2 amide bonds. The number of rotatable bonds is 9. The maximum absolute atomic E-state index is 13.8. The van der Waals surface area contributed by atoms with Gasteiger partial charge in [0.25, 0.3) is 5.91 Å². The number of amides is 2. The molecule has 0 spiro atoms. The van der Waals surface area contributed by atoms with Crippen molar-refractivity contribution in [1.82, 2.24) is 15.1 Å². The van der Waals surface area contributed by atoms with Gasteiger partial charge in [0.1, 0.15) is 17.6 Å². The van der Waals surface area contributed by atoms with E-state index in [9.17, 15) is 14.0 Å². The first-order valence-electron chi connectivity index (χ1n) is 15.0. The molecule has 1 aliphatic carbocycles. The molecule has 1 saturated carbocycles. The predicted octanol–water partition coefficient (Wildman–Crippen LogP) is 3.87. The molecule has 222 valence electrons. The molecule has 3 atom stereocenters. The van der Waals surface area contributed by atoms with Crippen LogP contribution in [0.2, 0.25) is 0 Å². The number of likely N-dealkylation sites (tertiary alicyclic amines) is 1. The van der Waals surface area contributed by atoms with Gasteiger partial charge < -0.3 is 25.4 Å². The summed E-state index contributed by atoms with van der Waals surface area (Å²) in [6, 6.07) is 13.4. The second-order valence-electron chi connectivity index (χ2n) is 11.7. The molecule has 2 saturated heterocycles. The van der Waals surface area contributed by atoms with Gasteiger partial charge in [-0.2, -0.15) is 0 Å². The number of piperidine rings is 1. The molecule has 0 radical (unpaired) electrons. The van der Waals surface area contributed by atoms with Crippen molar-refractivity contribution in [2.24, 2.45) is 5.73 Å². The van der Waals surface area contributed by atoms with E-state index in [0.29, 0.717) is 18.5 Å². The van der Waals surface area contributed by atoms with Crippen molar-refractivity contribution in [3.8, 4) is 5.75 Å². The number of carbonyl (C=O) groups excluding carboxylic acids is 2. The Morgan fingerprint density at radius 2 is 1.78 bits per heavy atom. The molecule has 8 nitrogen and oxygen atoms in total. The summed E-state index contributed by atoms with van der Waals surface area (Å²) in [4.78, 5) is 31.6. The monoisotopic (exact) mass is 566 g/mol. The zero-order valence-corrected chi connectivity index (χ0v) is 24.0. The first-order chi connectivity index (χ1) is 19.9. The van der Waals surface area contributed by atoms with Crippen LogP contribution in [0, 0.1) is 5.82 Å². The number of hydrogen-bond acceptors (Lipinski definition) is 6. The minimum atomic E-state index is -0.621. The van der Waals surface area contributed by atoms with Gasteiger partial charge in [-0.1, -0.05) is 12.1 Å². The molecule has 2 heterocycles. The molecule has 41 heavy (non-hydrogen) atoms. The van der Waals surface area contributed by atoms with Crippen molar-refractivity contribution in [2.75, 3.05) is 26.8 Å². The highest BCUT2D eigenvalue weighted by Gasteiger charge is 2.40. The highest BCUT2D eigenvalue weighted by atomic mass is 19.1. The highest BCUT2D eigenvalue weighted by Crippen LogP contribution is 2.28. The molecular formula is C32H43FN4O4. The fourth-order valence-corrected chi connectivity index (χ4v) is 6.45. The second kappa shape index (κ2) is 13.8. The maximum Gasteiger partial charge on any atom is 0.254 e. The van der Waals surface area contributed by atoms with Gasteiger partial charge in [0, 0.05) is 49.9 Å². The SMILES string of the molecule is COc1ccc(CN(CC2CCCO2)C2CCN(C(=O)c3ccc(F)cc3)[C@@H](C(=O)NC3CCC(N)CC3)C2)cc1. The van der Waals surface area contributed by atoms with Crippen LogP contribution in [0.25, 0.3) is 0 Å². The first kappa shape index (κ1) is 29.5. The van der Waals surface area contributed by atoms with Crippen molar-refractivity contribution < 1.29 is 23.5 Å². The van der Waals surface area contributed by atoms with E-state index in [0.717, 1.165) is 76.0 Å². The van der Waals surface area contributed by atoms with Crippen LogP contribution in [-0.2, 0) is 16.1 Å². The van der Waals surface area contributed by atoms with Crippen LogP contribution < -0.4 is 15.8 Å². The molecule has 3 aliphatic rings. The Labute approximate surface area is 242 Å². The molecule has 3 N–H and O–H groups in total. The summed E-state index contributed by atoms with van der Waals surface area (Å²) in [6.45, 7) is 2.72. The average molecular weight is 567 g/mol. The maximum atomic E-state index is 13.8. The van der Waals surface area contributed by atoms with Crippen molar-refractivity contribution >= 4 is 11.8 Å². The van der Waals surface area contributed by atoms with E-state index >= 15 is 0 Å². The van der Waals surface area contributed by atoms with E-state index in [1.165, 1.54) is 24.3 Å². The summed E-state index contributed by atoms with van der Waals surface area (Å²) < 4.78 is 24.9. The molecule has 9 heteroatoms. The van der Waals surface area contributed by atoms with Crippen LogP contribution in [0.5, 0.6) is 5.75 Å². The lowest BCUT2D eigenvalue weighted by Crippen LogP contribution is -2.59. The smallest absolute Gasteiger partial charge is 0.254 e. The third-order valence-corrected chi connectivity index (χ3v) is 8.87. The Bertz CT molecular complexity index is 1150. The van der Waals surface area contributed by atoms with Gasteiger partial charge in [-0.25, -0.2) is 4.39 Å². The van der Waals surface area contributed by atoms with Gasteiger partial charge in [0.05, 0.1) is 13.2 Å². The van der Waals surface area contributed by atoms with E-state index in [4.69, 9.17) is 15.2 Å². The van der Waals surface area contributed by atoms with Crippen molar-refractivity contribution in [2.45, 2.75) is 88.2 Å². The number of nitrogens with zero attached hydrogens (tertiary/aromatic N) is 2. The average Bonchev–Trinajstić information content (AvgIpc) is 3.51. The van der Waals surface area contributed by atoms with Crippen molar-refractivity contribution in [3.63, 3.8) is 0 Å². The summed E-state index contributed by atoms with van der Waals surface area (Å²) in [5, 5.41) is 3.24. The lowest BCUT2D eigenvalue weighted by molar-refractivity contribution is -0.128. The number of halogens is 1. The lowest BCUT2D eigenvalue weighted by atomic mass is 9.90. The molecule has 2 aromatic carbocycles. The normalized spacial score (nSPS) is 26.6. The minimum absolute atomic E-state index is 0.0627. The van der Waals surface area contributed by atoms with Crippen LogP contribution in [-0.4, -0.2) is 78.7 Å². The predicted molar refractivity (Wildman–Crippen MR) is 155 cm³/mol. The van der Waals surface area contributed by atoms with Crippen LogP contribution >= 0.6 is 0 Å². The Morgan fingerprint density at radius 1 is 1.05 bits per heavy atom. The molecule has 5 rings (SSSR count). The van der Waals surface area contributed by atoms with E-state index in [2.05, 4.69) is 22.3 Å². The van der Waals surface area contributed by atoms with Crippen LogP contribution in [0.1, 0.15) is 67.3 Å². The largest absolute Gasteiger partial charge is 0.497 e. The lowest BCUT2D eigenvalue weighted by Gasteiger charge is -2.44. The number of nitrogens with one attached hydrogen (secondary N) is 1. The third-order valence-electron chi connectivity index (χ3n) is 8.87. The first-order valence-corrected chi connectivity index (χ1v) is 15.0. The van der Waals surface area contributed by atoms with Crippen molar-refractivity contribution in [1.29, 1.82) is 0 Å². The standard InChI is InChI=1S/C32H43FN4O4/c1-40-28-14-4-22(5-15-28)20-36(21-29-3-2-18-41-29)27-16-17-37(32(39)23-6-8-24(33)9-7-23)30(19-27)31(38)35-26-12-10-25(34)11-13-26/h4-9,14-15,25-27,29-30H,2-3,10-13,16-21,34H2,1H3,(H,35,38)/t25?,26?,27?,29?,30-/m1/s1. The number of nitrogens with two attached hydrogens (primary N) is 1. The van der Waals surface area contributed by atoms with E-state index in [-0.39, 0.29) is 36.0 Å². The van der Waals surface area contributed by atoms with Gasteiger partial charge in [0.2, 0.25) is 5.91 Å². The zero-order chi connectivity index (χ0) is 28.8. The molecular weight excluding hydrogens is 523 g/mol. The number of hydrogen-bond donors (Lipinski definition) is 2. The minimum Gasteiger partial charge on any atom is -0.497 e. The summed E-state index contributed by atoms with van der Waals surface area (Å²) in [5.41, 5.74) is 7.64. The Hall–Kier alpha value is -3.01. The van der Waals surface area contributed by atoms with Gasteiger partial charge >= 0.3 is 0 Å². The summed E-state index contributed by atoms with van der Waals surface area (Å²) in [6.07, 6.45) is 6.95. The topological polar surface area (TPSA) is 97.1 Å². The van der Waals surface area contributed by atoms with Gasteiger partial charge in [-0.05, 0) is 93.3 Å². The Morgan fingerprint density at radius 3 is 2.44 bits per heavy atom. The van der Waals surface area contributed by atoms with E-state index in [1.807, 2.05) is 12.1 Å². The number of methoxy groups -OCH3 is 1. The fourth-order valence-electron chi connectivity index (χ4n) is 6.45. The third kappa shape index (κ3) is 7.64. The summed E-state index contributed by atoms with van der Waals surface area (Å²) >= 11 is 0. The molecule has 0 aromatic heterocycles. The summed E-state index contributed by atoms with van der Waals surface area (Å²) in [7, 11) is 1.66. The van der Waals surface area contributed by atoms with E-state index in [1.54, 1.807) is 12.0 Å².